The molecule has 1 N–H and O–H groups in total. The molecule has 0 amide bonds. The number of hydrogen-bond acceptors (Lipinski definition) is 4. The molecule has 0 saturated heterocycles. The Balaban J connectivity index is 1.96. The molecule has 1 heterocycles. The van der Waals surface area contributed by atoms with Gasteiger partial charge in [-0.15, -0.1) is 0 Å². The number of esters is 1. The minimum atomic E-state index is -0.370. The topological polar surface area (TPSA) is 47.6 Å². The van der Waals surface area contributed by atoms with Crippen molar-refractivity contribution in [2.24, 2.45) is 0 Å². The van der Waals surface area contributed by atoms with Gasteiger partial charge in [-0.2, -0.15) is 0 Å². The Bertz CT molecular complexity index is 765. The molecule has 0 spiro atoms. The molecule has 1 aliphatic heterocycles. The summed E-state index contributed by atoms with van der Waals surface area (Å²) in [6.07, 6.45) is 0. The zero-order valence-electron chi connectivity index (χ0n) is 12.2. The van der Waals surface area contributed by atoms with Gasteiger partial charge in [-0.1, -0.05) is 35.3 Å². The van der Waals surface area contributed by atoms with E-state index in [4.69, 9.17) is 32.7 Å². The number of rotatable bonds is 4. The maximum absolute atomic E-state index is 12.1. The van der Waals surface area contributed by atoms with Crippen LogP contribution in [-0.4, -0.2) is 19.7 Å². The second-order valence-corrected chi connectivity index (χ2v) is 5.81. The zero-order chi connectivity index (χ0) is 16.4. The number of cyclic esters (lactones) is 1. The fourth-order valence-electron chi connectivity index (χ4n) is 2.35. The van der Waals surface area contributed by atoms with Gasteiger partial charge in [0.05, 0.1) is 18.4 Å². The third-order valence-electron chi connectivity index (χ3n) is 3.39. The van der Waals surface area contributed by atoms with Crippen molar-refractivity contribution >= 4 is 40.4 Å². The van der Waals surface area contributed by atoms with Gasteiger partial charge in [-0.25, -0.2) is 4.79 Å². The highest BCUT2D eigenvalue weighted by Gasteiger charge is 2.26. The summed E-state index contributed by atoms with van der Waals surface area (Å²) in [6.45, 7) is 0.171. The van der Waals surface area contributed by atoms with Crippen molar-refractivity contribution in [1.82, 2.24) is 0 Å². The summed E-state index contributed by atoms with van der Waals surface area (Å²) >= 11 is 12.0. The van der Waals surface area contributed by atoms with Crippen LogP contribution < -0.4 is 10.1 Å². The summed E-state index contributed by atoms with van der Waals surface area (Å²) in [4.78, 5) is 12.1. The van der Waals surface area contributed by atoms with Crippen LogP contribution in [0.4, 0.5) is 5.69 Å². The lowest BCUT2D eigenvalue weighted by atomic mass is 10.0. The molecule has 1 aliphatic rings. The predicted molar refractivity (Wildman–Crippen MR) is 91.0 cm³/mol. The third-order valence-corrected chi connectivity index (χ3v) is 3.83. The fraction of sp³-hybridized carbons (Fsp3) is 0.118. The van der Waals surface area contributed by atoms with E-state index in [0.717, 1.165) is 11.3 Å². The summed E-state index contributed by atoms with van der Waals surface area (Å²) in [6, 6.07) is 12.3. The Morgan fingerprint density at radius 2 is 1.74 bits per heavy atom. The molecule has 0 bridgehead atoms. The van der Waals surface area contributed by atoms with Crippen molar-refractivity contribution in [3.63, 3.8) is 0 Å². The average molecular weight is 350 g/mol. The van der Waals surface area contributed by atoms with E-state index >= 15 is 0 Å². The summed E-state index contributed by atoms with van der Waals surface area (Å²) in [7, 11) is 1.59. The minimum absolute atomic E-state index is 0.171. The number of ether oxygens (including phenoxy) is 2. The van der Waals surface area contributed by atoms with Crippen molar-refractivity contribution in [2.45, 2.75) is 0 Å². The second kappa shape index (κ2) is 6.52. The van der Waals surface area contributed by atoms with E-state index in [0.29, 0.717) is 27.0 Å². The van der Waals surface area contributed by atoms with Gasteiger partial charge in [0.2, 0.25) is 0 Å². The minimum Gasteiger partial charge on any atom is -0.497 e. The van der Waals surface area contributed by atoms with Crippen LogP contribution in [0.3, 0.4) is 0 Å². The molecule has 0 fully saturated rings. The highest BCUT2D eigenvalue weighted by molar-refractivity contribution is 6.35. The van der Waals surface area contributed by atoms with Gasteiger partial charge in [-0.3, -0.25) is 0 Å². The van der Waals surface area contributed by atoms with Crippen LogP contribution in [0.2, 0.25) is 10.0 Å². The first-order valence-electron chi connectivity index (χ1n) is 6.84. The largest absolute Gasteiger partial charge is 0.497 e. The van der Waals surface area contributed by atoms with Crippen LogP contribution in [0.1, 0.15) is 5.56 Å². The smallest absolute Gasteiger partial charge is 0.341 e. The second-order valence-electron chi connectivity index (χ2n) is 4.94. The number of carbonyl (C=O) groups excluding carboxylic acids is 1. The monoisotopic (exact) mass is 349 g/mol. The van der Waals surface area contributed by atoms with Crippen LogP contribution in [-0.2, 0) is 9.53 Å². The van der Waals surface area contributed by atoms with Gasteiger partial charge in [0, 0.05) is 15.7 Å². The maximum Gasteiger partial charge on any atom is 0.341 e. The van der Waals surface area contributed by atoms with E-state index in [1.165, 1.54) is 0 Å². The van der Waals surface area contributed by atoms with Crippen LogP contribution in [0.15, 0.2) is 48.2 Å². The molecular formula is C17H13Cl2NO3. The molecule has 3 rings (SSSR count). The lowest BCUT2D eigenvalue weighted by Gasteiger charge is -2.09. The summed E-state index contributed by atoms with van der Waals surface area (Å²) in [5.74, 6) is 0.350. The zero-order valence-corrected chi connectivity index (χ0v) is 13.7. The fourth-order valence-corrected chi connectivity index (χ4v) is 2.88. The number of halogens is 2. The van der Waals surface area contributed by atoms with E-state index in [1.807, 2.05) is 12.1 Å². The van der Waals surface area contributed by atoms with Crippen molar-refractivity contribution < 1.29 is 14.3 Å². The Hall–Kier alpha value is -2.17. The Kier molecular flexibility index (Phi) is 4.46. The van der Waals surface area contributed by atoms with E-state index in [9.17, 15) is 4.79 Å². The number of hydrogen-bond donors (Lipinski definition) is 1. The highest BCUT2D eigenvalue weighted by Crippen LogP contribution is 2.30. The van der Waals surface area contributed by atoms with E-state index in [1.54, 1.807) is 37.4 Å². The predicted octanol–water partition coefficient (Wildman–Crippen LogP) is 4.38. The molecule has 0 aliphatic carbocycles. The quantitative estimate of drug-likeness (QED) is 0.832. The molecule has 2 aromatic carbocycles. The van der Waals surface area contributed by atoms with Gasteiger partial charge in [0.25, 0.3) is 0 Å². The van der Waals surface area contributed by atoms with E-state index in [2.05, 4.69) is 5.32 Å². The normalized spacial score (nSPS) is 14.0. The van der Waals surface area contributed by atoms with Gasteiger partial charge < -0.3 is 14.8 Å². The van der Waals surface area contributed by atoms with Gasteiger partial charge in [-0.05, 0) is 35.9 Å². The summed E-state index contributed by atoms with van der Waals surface area (Å²) in [5, 5.41) is 4.19. The van der Waals surface area contributed by atoms with Crippen LogP contribution >= 0.6 is 23.2 Å². The third kappa shape index (κ3) is 3.44. The summed E-state index contributed by atoms with van der Waals surface area (Å²) < 4.78 is 10.3. The van der Waals surface area contributed by atoms with Crippen molar-refractivity contribution in [2.75, 3.05) is 19.0 Å². The SMILES string of the molecule is COc1ccc(C2=C(Nc3cc(Cl)cc(Cl)c3)COC2=O)cc1. The number of carbonyl (C=O) groups is 1. The van der Waals surface area contributed by atoms with Gasteiger partial charge >= 0.3 is 5.97 Å². The number of anilines is 1. The molecular weight excluding hydrogens is 337 g/mol. The summed E-state index contributed by atoms with van der Waals surface area (Å²) in [5.41, 5.74) is 2.60. The molecule has 0 atom stereocenters. The van der Waals surface area contributed by atoms with Gasteiger partial charge in [0.15, 0.2) is 0 Å². The number of methoxy groups -OCH3 is 1. The standard InChI is InChI=1S/C17H13Cl2NO3/c1-22-14-4-2-10(3-5-14)16-15(9-23-17(16)21)20-13-7-11(18)6-12(19)8-13/h2-8,20H,9H2,1H3. The molecule has 0 radical (unpaired) electrons. The first-order chi connectivity index (χ1) is 11.1. The Labute approximate surface area is 143 Å². The maximum atomic E-state index is 12.1. The number of nitrogens with one attached hydrogen (secondary N) is 1. The first kappa shape index (κ1) is 15.7. The van der Waals surface area contributed by atoms with Gasteiger partial charge in [0.1, 0.15) is 12.4 Å². The van der Waals surface area contributed by atoms with Crippen LogP contribution in [0, 0.1) is 0 Å². The molecule has 2 aromatic rings. The molecule has 4 nitrogen and oxygen atoms in total. The first-order valence-corrected chi connectivity index (χ1v) is 7.60. The van der Waals surface area contributed by atoms with E-state index in [-0.39, 0.29) is 12.6 Å². The molecule has 0 unspecified atom stereocenters. The Morgan fingerprint density at radius 3 is 2.35 bits per heavy atom. The molecule has 0 aromatic heterocycles. The van der Waals surface area contributed by atoms with Crippen LogP contribution in [0.25, 0.3) is 5.57 Å². The number of benzene rings is 2. The Morgan fingerprint density at radius 1 is 1.09 bits per heavy atom. The lowest BCUT2D eigenvalue weighted by Crippen LogP contribution is -2.03. The van der Waals surface area contributed by atoms with Crippen LogP contribution in [0.5, 0.6) is 5.75 Å². The molecule has 0 saturated carbocycles. The highest BCUT2D eigenvalue weighted by atomic mass is 35.5. The van der Waals surface area contributed by atoms with E-state index < -0.39 is 0 Å². The lowest BCUT2D eigenvalue weighted by molar-refractivity contribution is -0.134. The van der Waals surface area contributed by atoms with Crippen molar-refractivity contribution in [3.8, 4) is 5.75 Å². The average Bonchev–Trinajstić information content (AvgIpc) is 2.87. The molecule has 23 heavy (non-hydrogen) atoms. The van der Waals surface area contributed by atoms with Crippen molar-refractivity contribution in [3.05, 3.63) is 63.8 Å². The molecule has 6 heteroatoms. The molecule has 118 valence electrons. The van der Waals surface area contributed by atoms with Crippen molar-refractivity contribution in [1.29, 1.82) is 0 Å².